The molecule has 0 aliphatic carbocycles. The van der Waals surface area contributed by atoms with Crippen LogP contribution < -0.4 is 4.74 Å². The summed E-state index contributed by atoms with van der Waals surface area (Å²) in [6.45, 7) is 2.36. The van der Waals surface area contributed by atoms with Crippen molar-refractivity contribution < 1.29 is 19.1 Å². The van der Waals surface area contributed by atoms with E-state index in [0.717, 1.165) is 5.56 Å². The molecule has 1 aromatic heterocycles. The lowest BCUT2D eigenvalue weighted by Crippen LogP contribution is -2.51. The number of hydrogen-bond donors (Lipinski definition) is 0. The first-order chi connectivity index (χ1) is 16.5. The van der Waals surface area contributed by atoms with Crippen LogP contribution in [0.3, 0.4) is 0 Å². The number of hydrogen-bond acceptors (Lipinski definition) is 6. The monoisotopic (exact) mass is 481 g/mol. The van der Waals surface area contributed by atoms with E-state index in [4.69, 9.17) is 21.1 Å². The molecule has 1 atom stereocenters. The van der Waals surface area contributed by atoms with Crippen LogP contribution >= 0.6 is 11.6 Å². The van der Waals surface area contributed by atoms with Gasteiger partial charge in [-0.2, -0.15) is 0 Å². The van der Waals surface area contributed by atoms with Crippen molar-refractivity contribution in [3.63, 3.8) is 0 Å². The minimum Gasteiger partial charge on any atom is -0.496 e. The number of nitrogens with zero attached hydrogens (tertiary/aromatic N) is 5. The van der Waals surface area contributed by atoms with Crippen LogP contribution in [0.25, 0.3) is 0 Å². The van der Waals surface area contributed by atoms with Crippen LogP contribution in [0.5, 0.6) is 5.75 Å². The van der Waals surface area contributed by atoms with Crippen molar-refractivity contribution in [1.82, 2.24) is 24.8 Å². The maximum absolute atomic E-state index is 13.2. The van der Waals surface area contributed by atoms with Crippen molar-refractivity contribution in [3.05, 3.63) is 76.1 Å². The maximum Gasteiger partial charge on any atom is 0.276 e. The van der Waals surface area contributed by atoms with Crippen LogP contribution in [0.1, 0.15) is 38.2 Å². The van der Waals surface area contributed by atoms with Gasteiger partial charge in [0.25, 0.3) is 11.8 Å². The summed E-state index contributed by atoms with van der Waals surface area (Å²) < 4.78 is 13.1. The van der Waals surface area contributed by atoms with Gasteiger partial charge >= 0.3 is 0 Å². The van der Waals surface area contributed by atoms with Crippen molar-refractivity contribution >= 4 is 23.4 Å². The fraction of sp³-hybridized carbons (Fsp3) is 0.333. The number of fused-ring (bicyclic) bond motifs is 1. The zero-order valence-corrected chi connectivity index (χ0v) is 19.4. The van der Waals surface area contributed by atoms with Crippen LogP contribution in [0.15, 0.2) is 48.5 Å². The number of halogens is 1. The Kier molecular flexibility index (Phi) is 6.21. The molecule has 2 aliphatic heterocycles. The molecule has 1 saturated heterocycles. The highest BCUT2D eigenvalue weighted by atomic mass is 35.5. The molecule has 0 spiro atoms. The lowest BCUT2D eigenvalue weighted by atomic mass is 10.1. The average molecular weight is 482 g/mol. The Labute approximate surface area is 201 Å². The summed E-state index contributed by atoms with van der Waals surface area (Å²) in [4.78, 5) is 29.6. The van der Waals surface area contributed by atoms with Crippen molar-refractivity contribution in [1.29, 1.82) is 0 Å². The van der Waals surface area contributed by atoms with Crippen LogP contribution in [0.2, 0.25) is 5.02 Å². The Morgan fingerprint density at radius 1 is 1.03 bits per heavy atom. The van der Waals surface area contributed by atoms with Gasteiger partial charge in [-0.1, -0.05) is 47.1 Å². The molecular weight excluding hydrogens is 458 g/mol. The summed E-state index contributed by atoms with van der Waals surface area (Å²) in [5.74, 6) is 0.0979. The van der Waals surface area contributed by atoms with Gasteiger partial charge in [-0.15, -0.1) is 5.10 Å². The number of carbonyl (C=O) groups excluding carboxylic acids is 2. The normalized spacial score (nSPS) is 17.9. The Morgan fingerprint density at radius 2 is 1.74 bits per heavy atom. The third-order valence-electron chi connectivity index (χ3n) is 6.22. The Balaban J connectivity index is 1.24. The fourth-order valence-electron chi connectivity index (χ4n) is 4.33. The first-order valence-electron chi connectivity index (χ1n) is 11.1. The first kappa shape index (κ1) is 22.4. The van der Waals surface area contributed by atoms with E-state index in [9.17, 15) is 9.59 Å². The number of piperazine rings is 1. The molecular formula is C24H24ClN5O4. The van der Waals surface area contributed by atoms with Gasteiger partial charge in [0, 0.05) is 31.2 Å². The Hall–Kier alpha value is -3.43. The maximum atomic E-state index is 13.2. The van der Waals surface area contributed by atoms with Gasteiger partial charge in [-0.3, -0.25) is 9.59 Å². The van der Waals surface area contributed by atoms with E-state index in [1.807, 2.05) is 30.3 Å². The predicted octanol–water partition coefficient (Wildman–Crippen LogP) is 2.81. The average Bonchev–Trinajstić information content (AvgIpc) is 3.32. The van der Waals surface area contributed by atoms with Gasteiger partial charge in [0.05, 0.1) is 31.5 Å². The van der Waals surface area contributed by atoms with Crippen molar-refractivity contribution in [3.8, 4) is 5.75 Å². The Bertz CT molecular complexity index is 1210. The smallest absolute Gasteiger partial charge is 0.276 e. The van der Waals surface area contributed by atoms with Gasteiger partial charge in [0.15, 0.2) is 5.69 Å². The van der Waals surface area contributed by atoms with Crippen LogP contribution in [-0.4, -0.2) is 69.9 Å². The second-order valence-electron chi connectivity index (χ2n) is 8.21. The largest absolute Gasteiger partial charge is 0.496 e. The highest BCUT2D eigenvalue weighted by Crippen LogP contribution is 2.28. The first-order valence-corrected chi connectivity index (χ1v) is 11.4. The highest BCUT2D eigenvalue weighted by Gasteiger charge is 2.32. The molecule has 5 rings (SSSR count). The number of rotatable bonds is 4. The molecule has 0 N–H and O–H groups in total. The summed E-state index contributed by atoms with van der Waals surface area (Å²) in [5, 5.41) is 8.84. The lowest BCUT2D eigenvalue weighted by Gasteiger charge is -2.35. The van der Waals surface area contributed by atoms with E-state index in [1.165, 1.54) is 7.11 Å². The third-order valence-corrected chi connectivity index (χ3v) is 6.45. The van der Waals surface area contributed by atoms with Gasteiger partial charge in [0.1, 0.15) is 11.9 Å². The molecule has 0 unspecified atom stereocenters. The summed E-state index contributed by atoms with van der Waals surface area (Å²) in [6.07, 6.45) is -0.128. The predicted molar refractivity (Wildman–Crippen MR) is 124 cm³/mol. The number of methoxy groups -OCH3 is 1. The zero-order valence-electron chi connectivity index (χ0n) is 18.7. The minimum atomic E-state index is -0.199. The number of aromatic nitrogens is 3. The molecule has 3 heterocycles. The molecule has 3 aromatic rings. The molecule has 10 heteroatoms. The van der Waals surface area contributed by atoms with Gasteiger partial charge in [-0.25, -0.2) is 4.68 Å². The van der Waals surface area contributed by atoms with Crippen LogP contribution in [-0.2, 0) is 17.9 Å². The van der Waals surface area contributed by atoms with E-state index < -0.39 is 0 Å². The zero-order chi connectivity index (χ0) is 23.7. The van der Waals surface area contributed by atoms with Gasteiger partial charge in [-0.05, 0) is 23.8 Å². The second-order valence-corrected chi connectivity index (χ2v) is 8.64. The van der Waals surface area contributed by atoms with Crippen LogP contribution in [0, 0.1) is 0 Å². The van der Waals surface area contributed by atoms with Gasteiger partial charge < -0.3 is 19.3 Å². The van der Waals surface area contributed by atoms with E-state index in [0.29, 0.717) is 60.4 Å². The molecule has 2 aliphatic rings. The van der Waals surface area contributed by atoms with E-state index in [1.54, 1.807) is 32.7 Å². The molecule has 0 saturated carbocycles. The van der Waals surface area contributed by atoms with Gasteiger partial charge in [0.2, 0.25) is 0 Å². The number of ether oxygens (including phenoxy) is 2. The summed E-state index contributed by atoms with van der Waals surface area (Å²) in [6, 6.07) is 14.9. The summed E-state index contributed by atoms with van der Waals surface area (Å²) in [5.41, 5.74) is 2.46. The van der Waals surface area contributed by atoms with Crippen molar-refractivity contribution in [2.75, 3.05) is 33.3 Å². The third kappa shape index (κ3) is 4.24. The van der Waals surface area contributed by atoms with Crippen molar-refractivity contribution in [2.24, 2.45) is 0 Å². The second kappa shape index (κ2) is 9.44. The van der Waals surface area contributed by atoms with Crippen molar-refractivity contribution in [2.45, 2.75) is 19.3 Å². The summed E-state index contributed by atoms with van der Waals surface area (Å²) >= 11 is 6.08. The molecule has 0 radical (unpaired) electrons. The fourth-order valence-corrected chi connectivity index (χ4v) is 4.50. The SMILES string of the molecule is COc1ccc(Cl)cc1C(=O)N1CCN(C(=O)c2nnn3c2CO[C@H](c2ccccc2)C3)CC1. The molecule has 9 nitrogen and oxygen atoms in total. The number of benzene rings is 2. The van der Waals surface area contributed by atoms with Crippen LogP contribution in [0.4, 0.5) is 0 Å². The number of carbonyl (C=O) groups is 2. The topological polar surface area (TPSA) is 89.8 Å². The minimum absolute atomic E-state index is 0.128. The summed E-state index contributed by atoms with van der Waals surface area (Å²) in [7, 11) is 1.52. The highest BCUT2D eigenvalue weighted by molar-refractivity contribution is 6.31. The molecule has 2 amide bonds. The molecule has 2 aromatic carbocycles. The number of amides is 2. The van der Waals surface area contributed by atoms with E-state index in [-0.39, 0.29) is 24.5 Å². The molecule has 176 valence electrons. The molecule has 0 bridgehead atoms. The quantitative estimate of drug-likeness (QED) is 0.569. The molecule has 34 heavy (non-hydrogen) atoms. The van der Waals surface area contributed by atoms with E-state index >= 15 is 0 Å². The van der Waals surface area contributed by atoms with E-state index in [2.05, 4.69) is 10.3 Å². The lowest BCUT2D eigenvalue weighted by molar-refractivity contribution is -0.00202. The molecule has 1 fully saturated rings. The Morgan fingerprint density at radius 3 is 2.44 bits per heavy atom. The standard InChI is InChI=1S/C24H24ClN5O4/c1-33-20-8-7-17(25)13-18(20)23(31)28-9-11-29(12-10-28)24(32)22-19-15-34-21(14-30(19)27-26-22)16-5-3-2-4-6-16/h2-8,13,21H,9-12,14-15H2,1H3/t21-/m0/s1.